The molecule has 1 saturated carbocycles. The number of nitrogens with two attached hydrogens (primary N) is 1. The summed E-state index contributed by atoms with van der Waals surface area (Å²) in [5.41, 5.74) is 4.84. The van der Waals surface area contributed by atoms with Gasteiger partial charge in [0.25, 0.3) is 0 Å². The van der Waals surface area contributed by atoms with Crippen LogP contribution in [0.5, 0.6) is 0 Å². The smallest absolute Gasteiger partial charge is 0.330 e. The van der Waals surface area contributed by atoms with E-state index in [1.54, 1.807) is 0 Å². The maximum atomic E-state index is 12.6. The van der Waals surface area contributed by atoms with Crippen LogP contribution in [0, 0.1) is 12.8 Å². The van der Waals surface area contributed by atoms with Gasteiger partial charge in [0.15, 0.2) is 0 Å². The number of hydrogen-bond donors (Lipinski definition) is 2. The lowest BCUT2D eigenvalue weighted by molar-refractivity contribution is -0.137. The van der Waals surface area contributed by atoms with Crippen molar-refractivity contribution in [1.29, 1.82) is 0 Å². The van der Waals surface area contributed by atoms with E-state index in [-0.39, 0.29) is 34.8 Å². The molecule has 1 aliphatic rings. The molecule has 1 aromatic rings. The molecule has 132 valence electrons. The van der Waals surface area contributed by atoms with Crippen LogP contribution in [0.1, 0.15) is 30.4 Å². The number of sulfonamides is 1. The summed E-state index contributed by atoms with van der Waals surface area (Å²) in [7, 11) is -3.85. The van der Waals surface area contributed by atoms with Crippen LogP contribution in [0.4, 0.5) is 13.2 Å². The van der Waals surface area contributed by atoms with E-state index in [1.807, 2.05) is 0 Å². The Labute approximate surface area is 140 Å². The van der Waals surface area contributed by atoms with Gasteiger partial charge in [-0.3, -0.25) is 0 Å². The monoisotopic (exact) mass is 372 g/mol. The Kier molecular flexibility index (Phi) is 6.48. The molecule has 1 fully saturated rings. The second-order valence-corrected chi connectivity index (χ2v) is 7.31. The SMILES string of the molecule is Cc1cc(C(F)(F)F)ccc1S(=O)(=O)NC1CCCC1CN.Cl. The van der Waals surface area contributed by atoms with E-state index in [2.05, 4.69) is 4.72 Å². The number of nitrogens with one attached hydrogen (secondary N) is 1. The van der Waals surface area contributed by atoms with Crippen molar-refractivity contribution in [1.82, 2.24) is 4.72 Å². The molecule has 0 heterocycles. The Morgan fingerprint density at radius 3 is 2.48 bits per heavy atom. The number of hydrogen-bond acceptors (Lipinski definition) is 3. The van der Waals surface area contributed by atoms with Crippen molar-refractivity contribution in [2.75, 3.05) is 6.54 Å². The number of aryl methyl sites for hydroxylation is 1. The molecule has 1 aromatic carbocycles. The normalized spacial score (nSPS) is 22.0. The first kappa shape index (κ1) is 20.2. The summed E-state index contributed by atoms with van der Waals surface area (Å²) >= 11 is 0. The van der Waals surface area contributed by atoms with Gasteiger partial charge in [-0.15, -0.1) is 12.4 Å². The van der Waals surface area contributed by atoms with E-state index in [9.17, 15) is 21.6 Å². The summed E-state index contributed by atoms with van der Waals surface area (Å²) in [6.45, 7) is 1.75. The third-order valence-corrected chi connectivity index (χ3v) is 5.71. The predicted molar refractivity (Wildman–Crippen MR) is 83.9 cm³/mol. The van der Waals surface area contributed by atoms with Gasteiger partial charge < -0.3 is 5.73 Å². The lowest BCUT2D eigenvalue weighted by Crippen LogP contribution is -2.40. The molecule has 2 rings (SSSR count). The number of alkyl halides is 3. The van der Waals surface area contributed by atoms with Crippen molar-refractivity contribution in [3.8, 4) is 0 Å². The highest BCUT2D eigenvalue weighted by atomic mass is 35.5. The molecule has 0 spiro atoms. The van der Waals surface area contributed by atoms with Crippen LogP contribution in [0.25, 0.3) is 0 Å². The first-order valence-electron chi connectivity index (χ1n) is 7.05. The van der Waals surface area contributed by atoms with Gasteiger partial charge in [-0.25, -0.2) is 13.1 Å². The van der Waals surface area contributed by atoms with Gasteiger partial charge in [0, 0.05) is 6.04 Å². The number of halogens is 4. The van der Waals surface area contributed by atoms with Crippen molar-refractivity contribution in [3.63, 3.8) is 0 Å². The molecule has 9 heteroatoms. The first-order chi connectivity index (χ1) is 10.1. The largest absolute Gasteiger partial charge is 0.416 e. The highest BCUT2D eigenvalue weighted by Gasteiger charge is 2.33. The van der Waals surface area contributed by atoms with Crippen LogP contribution in [0.15, 0.2) is 23.1 Å². The Hall–Kier alpha value is -0.830. The topological polar surface area (TPSA) is 72.2 Å². The zero-order chi connectivity index (χ0) is 16.5. The molecular formula is C14H20ClF3N2O2S. The minimum Gasteiger partial charge on any atom is -0.330 e. The Morgan fingerprint density at radius 1 is 1.30 bits per heavy atom. The maximum Gasteiger partial charge on any atom is 0.416 e. The van der Waals surface area contributed by atoms with E-state index in [0.717, 1.165) is 31.0 Å². The zero-order valence-corrected chi connectivity index (χ0v) is 14.2. The van der Waals surface area contributed by atoms with Gasteiger partial charge in [-0.1, -0.05) is 6.42 Å². The zero-order valence-electron chi connectivity index (χ0n) is 12.6. The van der Waals surface area contributed by atoms with Crippen LogP contribution in [-0.4, -0.2) is 21.0 Å². The second-order valence-electron chi connectivity index (χ2n) is 5.63. The molecule has 2 atom stereocenters. The van der Waals surface area contributed by atoms with E-state index in [1.165, 1.54) is 6.92 Å². The molecule has 23 heavy (non-hydrogen) atoms. The summed E-state index contributed by atoms with van der Waals surface area (Å²) in [5.74, 6) is 0.0736. The van der Waals surface area contributed by atoms with Crippen molar-refractivity contribution in [2.24, 2.45) is 11.7 Å². The third kappa shape index (κ3) is 4.59. The highest BCUT2D eigenvalue weighted by molar-refractivity contribution is 7.89. The molecule has 2 unspecified atom stereocenters. The summed E-state index contributed by atoms with van der Waals surface area (Å²) in [6.07, 6.45) is -2.05. The summed E-state index contributed by atoms with van der Waals surface area (Å²) in [4.78, 5) is -0.122. The minimum atomic E-state index is -4.49. The maximum absolute atomic E-state index is 12.6. The van der Waals surface area contributed by atoms with Gasteiger partial charge >= 0.3 is 6.18 Å². The van der Waals surface area contributed by atoms with Crippen molar-refractivity contribution in [2.45, 2.75) is 43.3 Å². The molecule has 0 radical (unpaired) electrons. The molecule has 0 amide bonds. The van der Waals surface area contributed by atoms with Gasteiger partial charge in [0.1, 0.15) is 0 Å². The van der Waals surface area contributed by atoms with Gasteiger partial charge in [-0.05, 0) is 56.0 Å². The minimum absolute atomic E-state index is 0. The molecular weight excluding hydrogens is 353 g/mol. The van der Waals surface area contributed by atoms with Crippen molar-refractivity contribution >= 4 is 22.4 Å². The molecule has 0 aromatic heterocycles. The van der Waals surface area contributed by atoms with Gasteiger partial charge in [0.05, 0.1) is 10.5 Å². The summed E-state index contributed by atoms with van der Waals surface area (Å²) in [5, 5.41) is 0. The fourth-order valence-corrected chi connectivity index (χ4v) is 4.43. The van der Waals surface area contributed by atoms with E-state index in [0.29, 0.717) is 13.0 Å². The van der Waals surface area contributed by atoms with Crippen LogP contribution >= 0.6 is 12.4 Å². The molecule has 1 aliphatic carbocycles. The molecule has 0 bridgehead atoms. The van der Waals surface area contributed by atoms with Crippen LogP contribution in [-0.2, 0) is 16.2 Å². The third-order valence-electron chi connectivity index (χ3n) is 4.06. The van der Waals surface area contributed by atoms with Gasteiger partial charge in [0.2, 0.25) is 10.0 Å². The Bertz CT molecular complexity index is 650. The number of rotatable bonds is 4. The lowest BCUT2D eigenvalue weighted by Gasteiger charge is -2.20. The predicted octanol–water partition coefficient (Wildman–Crippen LogP) is 2.84. The van der Waals surface area contributed by atoms with Gasteiger partial charge in [-0.2, -0.15) is 13.2 Å². The molecule has 0 saturated heterocycles. The van der Waals surface area contributed by atoms with Crippen LogP contribution < -0.4 is 10.5 Å². The lowest BCUT2D eigenvalue weighted by atomic mass is 10.1. The van der Waals surface area contributed by atoms with Crippen LogP contribution in [0.2, 0.25) is 0 Å². The Morgan fingerprint density at radius 2 is 1.96 bits per heavy atom. The standard InChI is InChI=1S/C14H19F3N2O2S.ClH/c1-9-7-11(14(15,16)17)5-6-13(9)22(20,21)19-12-4-2-3-10(12)8-18;/h5-7,10,12,19H,2-4,8,18H2,1H3;1H. The molecule has 3 N–H and O–H groups in total. The van der Waals surface area contributed by atoms with Crippen molar-refractivity contribution < 1.29 is 21.6 Å². The average Bonchev–Trinajstić information content (AvgIpc) is 2.83. The van der Waals surface area contributed by atoms with Crippen LogP contribution in [0.3, 0.4) is 0 Å². The second kappa shape index (κ2) is 7.38. The van der Waals surface area contributed by atoms with Crippen molar-refractivity contribution in [3.05, 3.63) is 29.3 Å². The average molecular weight is 373 g/mol. The molecule has 4 nitrogen and oxygen atoms in total. The van der Waals surface area contributed by atoms with E-state index in [4.69, 9.17) is 5.73 Å². The Balaban J connectivity index is 0.00000264. The molecule has 0 aliphatic heterocycles. The fourth-order valence-electron chi connectivity index (χ4n) is 2.86. The summed E-state index contributed by atoms with van der Waals surface area (Å²) in [6, 6.07) is 2.39. The van der Waals surface area contributed by atoms with E-state index >= 15 is 0 Å². The summed E-state index contributed by atoms with van der Waals surface area (Å²) < 4.78 is 65.3. The fraction of sp³-hybridized carbons (Fsp3) is 0.571. The number of benzene rings is 1. The van der Waals surface area contributed by atoms with E-state index < -0.39 is 21.8 Å². The quantitative estimate of drug-likeness (QED) is 0.853. The highest BCUT2D eigenvalue weighted by Crippen LogP contribution is 2.32. The first-order valence-corrected chi connectivity index (χ1v) is 8.53.